The molecule has 25 heavy (non-hydrogen) atoms. The second kappa shape index (κ2) is 7.92. The van der Waals surface area contributed by atoms with E-state index in [1.54, 1.807) is 6.07 Å². The van der Waals surface area contributed by atoms with Crippen LogP contribution in [0.2, 0.25) is 5.02 Å². The molecule has 0 amide bonds. The topological polar surface area (TPSA) is 32.3 Å². The largest absolute Gasteiger partial charge is 0.396 e. The Hall–Kier alpha value is -1.32. The maximum absolute atomic E-state index is 13.9. The van der Waals surface area contributed by atoms with E-state index in [4.69, 9.17) is 11.6 Å². The van der Waals surface area contributed by atoms with Gasteiger partial charge in [-0.3, -0.25) is 0 Å². The van der Waals surface area contributed by atoms with Crippen molar-refractivity contribution in [3.05, 3.63) is 52.8 Å². The summed E-state index contributed by atoms with van der Waals surface area (Å²) in [6.45, 7) is 4.46. The molecule has 0 bridgehead atoms. The predicted octanol–water partition coefficient (Wildman–Crippen LogP) is 5.53. The van der Waals surface area contributed by atoms with Crippen molar-refractivity contribution >= 4 is 17.3 Å². The number of fused-ring (bicyclic) bond motifs is 1. The molecule has 0 aromatic heterocycles. The molecule has 136 valence electrons. The summed E-state index contributed by atoms with van der Waals surface area (Å²) in [7, 11) is 0. The van der Waals surface area contributed by atoms with Crippen LogP contribution in [0.4, 0.5) is 10.1 Å². The number of hydrogen-bond donors (Lipinski definition) is 2. The Morgan fingerprint density at radius 2 is 2.16 bits per heavy atom. The number of nitrogens with one attached hydrogen (secondary N) is 1. The smallest absolute Gasteiger partial charge is 0.125 e. The summed E-state index contributed by atoms with van der Waals surface area (Å²) in [6.07, 6.45) is 11.6. The first kappa shape index (κ1) is 18.5. The number of benzene rings is 1. The molecule has 1 aromatic rings. The van der Waals surface area contributed by atoms with Crippen LogP contribution >= 0.6 is 11.6 Å². The molecule has 0 spiro atoms. The average Bonchev–Trinajstić information content (AvgIpc) is 2.61. The number of allylic oxidation sites excluding steroid dienone is 3. The lowest BCUT2D eigenvalue weighted by Gasteiger charge is -2.43. The molecule has 2 N–H and O–H groups in total. The molecule has 5 atom stereocenters. The van der Waals surface area contributed by atoms with Crippen molar-refractivity contribution in [1.82, 2.24) is 0 Å². The van der Waals surface area contributed by atoms with Crippen molar-refractivity contribution in [1.29, 1.82) is 0 Å². The second-order valence-corrected chi connectivity index (χ2v) is 7.96. The molecule has 1 aliphatic heterocycles. The van der Waals surface area contributed by atoms with Gasteiger partial charge in [0.2, 0.25) is 0 Å². The van der Waals surface area contributed by atoms with E-state index in [2.05, 4.69) is 43.5 Å². The SMILES string of the molecule is C[C@@H](CO)CC[C@@H]1[C@H](C)c2cc(F)cc(Cl)c2N[C@H]1C1C=CC=CC1. The third-order valence-electron chi connectivity index (χ3n) is 5.77. The molecule has 2 aliphatic rings. The quantitative estimate of drug-likeness (QED) is 0.720. The summed E-state index contributed by atoms with van der Waals surface area (Å²) in [5, 5.41) is 13.5. The molecule has 1 heterocycles. The maximum atomic E-state index is 13.9. The highest BCUT2D eigenvalue weighted by molar-refractivity contribution is 6.33. The van der Waals surface area contributed by atoms with Crippen molar-refractivity contribution in [2.24, 2.45) is 17.8 Å². The van der Waals surface area contributed by atoms with E-state index in [1.807, 2.05) is 0 Å². The van der Waals surface area contributed by atoms with Gasteiger partial charge in [0.05, 0.1) is 10.7 Å². The molecule has 1 aromatic carbocycles. The monoisotopic (exact) mass is 363 g/mol. The molecule has 3 rings (SSSR count). The lowest BCUT2D eigenvalue weighted by atomic mass is 9.70. The van der Waals surface area contributed by atoms with Gasteiger partial charge in [0.1, 0.15) is 5.82 Å². The van der Waals surface area contributed by atoms with Crippen LogP contribution in [0.3, 0.4) is 0 Å². The van der Waals surface area contributed by atoms with Gasteiger partial charge in [-0.1, -0.05) is 49.8 Å². The molecule has 4 heteroatoms. The molecule has 1 unspecified atom stereocenters. The van der Waals surface area contributed by atoms with Crippen LogP contribution in [-0.4, -0.2) is 17.8 Å². The molecule has 0 radical (unpaired) electrons. The third kappa shape index (κ3) is 3.93. The van der Waals surface area contributed by atoms with Gasteiger partial charge in [0.15, 0.2) is 0 Å². The highest BCUT2D eigenvalue weighted by atomic mass is 35.5. The summed E-state index contributed by atoms with van der Waals surface area (Å²) in [4.78, 5) is 0. The fourth-order valence-corrected chi connectivity index (χ4v) is 4.48. The van der Waals surface area contributed by atoms with Gasteiger partial charge in [0.25, 0.3) is 0 Å². The number of anilines is 1. The van der Waals surface area contributed by atoms with Crippen LogP contribution in [0.5, 0.6) is 0 Å². The molecule has 0 fully saturated rings. The molecular formula is C21H27ClFNO. The van der Waals surface area contributed by atoms with Crippen LogP contribution in [0.25, 0.3) is 0 Å². The summed E-state index contributed by atoms with van der Waals surface area (Å²) in [5.41, 5.74) is 1.85. The van der Waals surface area contributed by atoms with E-state index in [-0.39, 0.29) is 30.3 Å². The second-order valence-electron chi connectivity index (χ2n) is 7.55. The predicted molar refractivity (Wildman–Crippen MR) is 103 cm³/mol. The molecule has 1 aliphatic carbocycles. The highest BCUT2D eigenvalue weighted by Crippen LogP contribution is 2.46. The first-order valence-corrected chi connectivity index (χ1v) is 9.58. The minimum atomic E-state index is -0.279. The van der Waals surface area contributed by atoms with Crippen molar-refractivity contribution in [2.75, 3.05) is 11.9 Å². The number of halogens is 2. The zero-order valence-corrected chi connectivity index (χ0v) is 15.6. The lowest BCUT2D eigenvalue weighted by molar-refractivity contribution is 0.208. The minimum absolute atomic E-state index is 0.211. The number of rotatable bonds is 5. The third-order valence-corrected chi connectivity index (χ3v) is 6.07. The summed E-state index contributed by atoms with van der Waals surface area (Å²) >= 11 is 6.35. The van der Waals surface area contributed by atoms with Crippen molar-refractivity contribution in [3.63, 3.8) is 0 Å². The van der Waals surface area contributed by atoms with Gasteiger partial charge in [-0.05, 0) is 54.7 Å². The van der Waals surface area contributed by atoms with Gasteiger partial charge in [-0.2, -0.15) is 0 Å². The molecule has 0 saturated carbocycles. The Labute approximate surface area is 154 Å². The standard InChI is InChI=1S/C21H27ClFNO/c1-13(12-25)8-9-17-14(2)18-10-16(23)11-19(22)21(18)24-20(17)15-6-4-3-5-7-15/h3-6,10-11,13-15,17,20,24-25H,7-9,12H2,1-2H3/t13-,14+,15?,17-,20+/m1/s1. The van der Waals surface area contributed by atoms with Crippen LogP contribution < -0.4 is 5.32 Å². The van der Waals surface area contributed by atoms with Crippen LogP contribution in [-0.2, 0) is 0 Å². The van der Waals surface area contributed by atoms with E-state index in [0.29, 0.717) is 16.9 Å². The van der Waals surface area contributed by atoms with Gasteiger partial charge >= 0.3 is 0 Å². The Kier molecular flexibility index (Phi) is 5.85. The number of aliphatic hydroxyl groups excluding tert-OH is 1. The normalized spacial score (nSPS) is 29.2. The van der Waals surface area contributed by atoms with E-state index in [9.17, 15) is 9.50 Å². The molecule has 2 nitrogen and oxygen atoms in total. The van der Waals surface area contributed by atoms with Gasteiger partial charge in [-0.15, -0.1) is 0 Å². The lowest BCUT2D eigenvalue weighted by Crippen LogP contribution is -2.42. The van der Waals surface area contributed by atoms with Gasteiger partial charge < -0.3 is 10.4 Å². The van der Waals surface area contributed by atoms with E-state index in [0.717, 1.165) is 30.5 Å². The van der Waals surface area contributed by atoms with Crippen LogP contribution in [0, 0.1) is 23.6 Å². The number of aliphatic hydroxyl groups is 1. The Bertz CT molecular complexity index is 672. The van der Waals surface area contributed by atoms with Gasteiger partial charge in [0, 0.05) is 18.6 Å². The van der Waals surface area contributed by atoms with Crippen molar-refractivity contribution in [2.45, 2.75) is 45.1 Å². The van der Waals surface area contributed by atoms with Gasteiger partial charge in [-0.25, -0.2) is 4.39 Å². The van der Waals surface area contributed by atoms with E-state index >= 15 is 0 Å². The fraction of sp³-hybridized carbons (Fsp3) is 0.524. The summed E-state index contributed by atoms with van der Waals surface area (Å²) in [5.74, 6) is 1.00. The van der Waals surface area contributed by atoms with Crippen LogP contribution in [0.1, 0.15) is 44.6 Å². The zero-order valence-electron chi connectivity index (χ0n) is 14.9. The molecule has 0 saturated heterocycles. The first-order valence-electron chi connectivity index (χ1n) is 9.21. The Morgan fingerprint density at radius 3 is 2.84 bits per heavy atom. The van der Waals surface area contributed by atoms with Crippen molar-refractivity contribution in [3.8, 4) is 0 Å². The Morgan fingerprint density at radius 1 is 1.36 bits per heavy atom. The summed E-state index contributed by atoms with van der Waals surface area (Å²) in [6, 6.07) is 3.27. The fourth-order valence-electron chi connectivity index (χ4n) is 4.21. The first-order chi connectivity index (χ1) is 12.0. The summed E-state index contributed by atoms with van der Waals surface area (Å²) < 4.78 is 13.9. The molecular weight excluding hydrogens is 337 g/mol. The highest BCUT2D eigenvalue weighted by Gasteiger charge is 2.38. The zero-order chi connectivity index (χ0) is 18.0. The number of hydrogen-bond acceptors (Lipinski definition) is 2. The Balaban J connectivity index is 1.92. The maximum Gasteiger partial charge on any atom is 0.125 e. The minimum Gasteiger partial charge on any atom is -0.396 e. The average molecular weight is 364 g/mol. The van der Waals surface area contributed by atoms with E-state index in [1.165, 1.54) is 6.07 Å². The van der Waals surface area contributed by atoms with Crippen LogP contribution in [0.15, 0.2) is 36.4 Å². The van der Waals surface area contributed by atoms with Crippen molar-refractivity contribution < 1.29 is 9.50 Å². The van der Waals surface area contributed by atoms with E-state index < -0.39 is 0 Å².